The first-order valence-corrected chi connectivity index (χ1v) is 7.89. The SMILES string of the molecule is N#CCc1cccc(C(=O)N2C[C@H](O)C[C@H]2c2cc(F)ccc2F)c1. The van der Waals surface area contributed by atoms with Gasteiger partial charge in [-0.25, -0.2) is 8.78 Å². The van der Waals surface area contributed by atoms with E-state index in [0.29, 0.717) is 11.1 Å². The number of aliphatic hydroxyl groups is 1. The van der Waals surface area contributed by atoms with E-state index in [9.17, 15) is 18.7 Å². The van der Waals surface area contributed by atoms with Crippen molar-refractivity contribution in [3.05, 3.63) is 70.8 Å². The molecule has 0 aromatic heterocycles. The van der Waals surface area contributed by atoms with Crippen molar-refractivity contribution in [1.29, 1.82) is 5.26 Å². The monoisotopic (exact) mass is 342 g/mol. The van der Waals surface area contributed by atoms with Crippen molar-refractivity contribution in [3.63, 3.8) is 0 Å². The fourth-order valence-corrected chi connectivity index (χ4v) is 3.17. The molecule has 0 saturated carbocycles. The zero-order chi connectivity index (χ0) is 18.0. The third kappa shape index (κ3) is 3.52. The van der Waals surface area contributed by atoms with E-state index in [1.54, 1.807) is 24.3 Å². The molecule has 1 heterocycles. The molecule has 1 fully saturated rings. The van der Waals surface area contributed by atoms with Crippen molar-refractivity contribution in [1.82, 2.24) is 4.90 Å². The summed E-state index contributed by atoms with van der Waals surface area (Å²) in [6.07, 6.45) is -0.491. The zero-order valence-electron chi connectivity index (χ0n) is 13.3. The normalized spacial score (nSPS) is 19.7. The fraction of sp³-hybridized carbons (Fsp3) is 0.263. The molecule has 0 spiro atoms. The van der Waals surface area contributed by atoms with Gasteiger partial charge in [0, 0.05) is 17.7 Å². The van der Waals surface area contributed by atoms with Gasteiger partial charge in [-0.15, -0.1) is 0 Å². The summed E-state index contributed by atoms with van der Waals surface area (Å²) < 4.78 is 27.7. The molecule has 25 heavy (non-hydrogen) atoms. The van der Waals surface area contributed by atoms with E-state index in [-0.39, 0.29) is 30.9 Å². The van der Waals surface area contributed by atoms with Crippen molar-refractivity contribution >= 4 is 5.91 Å². The number of carbonyl (C=O) groups is 1. The molecule has 0 unspecified atom stereocenters. The number of rotatable bonds is 3. The molecule has 1 aliphatic rings. The smallest absolute Gasteiger partial charge is 0.254 e. The largest absolute Gasteiger partial charge is 0.391 e. The van der Waals surface area contributed by atoms with Crippen LogP contribution in [-0.2, 0) is 6.42 Å². The van der Waals surface area contributed by atoms with Crippen LogP contribution in [0.5, 0.6) is 0 Å². The number of carbonyl (C=O) groups excluding carboxylic acids is 1. The first kappa shape index (κ1) is 17.1. The Hall–Kier alpha value is -2.78. The quantitative estimate of drug-likeness (QED) is 0.933. The summed E-state index contributed by atoms with van der Waals surface area (Å²) in [6, 6.07) is 11.0. The summed E-state index contributed by atoms with van der Waals surface area (Å²) in [4.78, 5) is 14.2. The molecule has 2 atom stereocenters. The van der Waals surface area contributed by atoms with Gasteiger partial charge in [-0.2, -0.15) is 5.26 Å². The van der Waals surface area contributed by atoms with E-state index >= 15 is 0 Å². The third-order valence-electron chi connectivity index (χ3n) is 4.31. The Morgan fingerprint density at radius 1 is 1.28 bits per heavy atom. The van der Waals surface area contributed by atoms with Gasteiger partial charge in [0.15, 0.2) is 0 Å². The molecule has 1 aliphatic heterocycles. The number of likely N-dealkylation sites (tertiary alicyclic amines) is 1. The summed E-state index contributed by atoms with van der Waals surface area (Å²) in [6.45, 7) is 0.0436. The maximum absolute atomic E-state index is 14.1. The molecular weight excluding hydrogens is 326 g/mol. The van der Waals surface area contributed by atoms with Gasteiger partial charge in [-0.1, -0.05) is 12.1 Å². The number of hydrogen-bond acceptors (Lipinski definition) is 3. The molecule has 2 aromatic carbocycles. The summed E-state index contributed by atoms with van der Waals surface area (Å²) in [5, 5.41) is 18.8. The molecule has 3 rings (SSSR count). The Labute approximate surface area is 143 Å². The number of amides is 1. The van der Waals surface area contributed by atoms with Crippen LogP contribution in [-0.4, -0.2) is 28.6 Å². The first-order valence-electron chi connectivity index (χ1n) is 7.89. The Kier molecular flexibility index (Phi) is 4.77. The van der Waals surface area contributed by atoms with Gasteiger partial charge in [-0.3, -0.25) is 4.79 Å². The lowest BCUT2D eigenvalue weighted by atomic mass is 10.0. The van der Waals surface area contributed by atoms with Crippen LogP contribution in [0.15, 0.2) is 42.5 Å². The number of β-amino-alcohol motifs (C(OH)–C–C–N with tert-alkyl or cyclic N) is 1. The number of nitriles is 1. The van der Waals surface area contributed by atoms with Gasteiger partial charge in [0.25, 0.3) is 5.91 Å². The standard InChI is InChI=1S/C19H16F2N2O2/c20-14-4-5-17(21)16(9-14)18-10-15(24)11-23(18)19(25)13-3-1-2-12(8-13)6-7-22/h1-5,8-9,15,18,24H,6,10-11H2/t15-,18+/m1/s1. The third-order valence-corrected chi connectivity index (χ3v) is 4.31. The van der Waals surface area contributed by atoms with Crippen LogP contribution in [0, 0.1) is 23.0 Å². The van der Waals surface area contributed by atoms with Gasteiger partial charge in [-0.05, 0) is 42.3 Å². The number of hydrogen-bond donors (Lipinski definition) is 1. The number of nitrogens with zero attached hydrogens (tertiary/aromatic N) is 2. The Bertz CT molecular complexity index is 848. The van der Waals surface area contributed by atoms with E-state index in [1.807, 2.05) is 6.07 Å². The van der Waals surface area contributed by atoms with Crippen molar-refractivity contribution in [2.75, 3.05) is 6.54 Å². The van der Waals surface area contributed by atoms with Crippen molar-refractivity contribution in [2.24, 2.45) is 0 Å². The number of aliphatic hydroxyl groups excluding tert-OH is 1. The molecule has 1 N–H and O–H groups in total. The lowest BCUT2D eigenvalue weighted by Crippen LogP contribution is -2.32. The topological polar surface area (TPSA) is 64.3 Å². The minimum absolute atomic E-state index is 0.0436. The summed E-state index contributed by atoms with van der Waals surface area (Å²) in [5.41, 5.74) is 1.10. The second kappa shape index (κ2) is 6.99. The highest BCUT2D eigenvalue weighted by atomic mass is 19.1. The van der Waals surface area contributed by atoms with Crippen LogP contribution < -0.4 is 0 Å². The minimum atomic E-state index is -0.807. The average molecular weight is 342 g/mol. The second-order valence-electron chi connectivity index (χ2n) is 6.06. The van der Waals surface area contributed by atoms with Crippen molar-refractivity contribution in [2.45, 2.75) is 25.0 Å². The van der Waals surface area contributed by atoms with Crippen LogP contribution in [0.1, 0.15) is 33.9 Å². The maximum Gasteiger partial charge on any atom is 0.254 e. The average Bonchev–Trinajstić information content (AvgIpc) is 2.98. The molecule has 1 saturated heterocycles. The Morgan fingerprint density at radius 2 is 2.08 bits per heavy atom. The van der Waals surface area contributed by atoms with Gasteiger partial charge < -0.3 is 10.0 Å². The molecule has 0 bridgehead atoms. The summed E-state index contributed by atoms with van der Waals surface area (Å²) >= 11 is 0. The number of benzene rings is 2. The van der Waals surface area contributed by atoms with Crippen LogP contribution in [0.3, 0.4) is 0 Å². The van der Waals surface area contributed by atoms with E-state index in [2.05, 4.69) is 0 Å². The minimum Gasteiger partial charge on any atom is -0.391 e. The summed E-state index contributed by atoms with van der Waals surface area (Å²) in [7, 11) is 0. The highest BCUT2D eigenvalue weighted by Crippen LogP contribution is 2.35. The van der Waals surface area contributed by atoms with Gasteiger partial charge in [0.05, 0.1) is 24.6 Å². The van der Waals surface area contributed by atoms with E-state index in [4.69, 9.17) is 5.26 Å². The van der Waals surface area contributed by atoms with E-state index < -0.39 is 23.8 Å². The molecular formula is C19H16F2N2O2. The molecule has 0 aliphatic carbocycles. The predicted molar refractivity (Wildman–Crippen MR) is 86.5 cm³/mol. The van der Waals surface area contributed by atoms with Crippen molar-refractivity contribution < 1.29 is 18.7 Å². The molecule has 6 heteroatoms. The predicted octanol–water partition coefficient (Wildman–Crippen LogP) is 2.98. The van der Waals surface area contributed by atoms with Gasteiger partial charge in [0.2, 0.25) is 0 Å². The Balaban J connectivity index is 1.94. The van der Waals surface area contributed by atoms with Crippen molar-refractivity contribution in [3.8, 4) is 6.07 Å². The highest BCUT2D eigenvalue weighted by molar-refractivity contribution is 5.95. The Morgan fingerprint density at radius 3 is 2.84 bits per heavy atom. The first-order chi connectivity index (χ1) is 12.0. The van der Waals surface area contributed by atoms with Crippen LogP contribution in [0.25, 0.3) is 0 Å². The second-order valence-corrected chi connectivity index (χ2v) is 6.06. The lowest BCUT2D eigenvalue weighted by molar-refractivity contribution is 0.0713. The van der Waals surface area contributed by atoms with Gasteiger partial charge in [0.1, 0.15) is 11.6 Å². The molecule has 0 radical (unpaired) electrons. The maximum atomic E-state index is 14.1. The highest BCUT2D eigenvalue weighted by Gasteiger charge is 2.37. The zero-order valence-corrected chi connectivity index (χ0v) is 13.3. The van der Waals surface area contributed by atoms with E-state index in [1.165, 1.54) is 4.90 Å². The van der Waals surface area contributed by atoms with Crippen LogP contribution in [0.4, 0.5) is 8.78 Å². The molecule has 2 aromatic rings. The lowest BCUT2D eigenvalue weighted by Gasteiger charge is -2.25. The fourth-order valence-electron chi connectivity index (χ4n) is 3.17. The molecule has 1 amide bonds. The van der Waals surface area contributed by atoms with Crippen LogP contribution in [0.2, 0.25) is 0 Å². The molecule has 128 valence electrons. The van der Waals surface area contributed by atoms with E-state index in [0.717, 1.165) is 18.2 Å². The van der Waals surface area contributed by atoms with Gasteiger partial charge >= 0.3 is 0 Å². The van der Waals surface area contributed by atoms with Crippen LogP contribution >= 0.6 is 0 Å². The molecule has 4 nitrogen and oxygen atoms in total. The number of halogens is 2. The summed E-state index contributed by atoms with van der Waals surface area (Å²) in [5.74, 6) is -1.59.